The molecule has 0 spiro atoms. The Morgan fingerprint density at radius 3 is 2.67 bits per heavy atom. The summed E-state index contributed by atoms with van der Waals surface area (Å²) >= 11 is 0. The molecular formula is C15H18N2O. The van der Waals surface area contributed by atoms with Crippen LogP contribution in [0.5, 0.6) is 0 Å². The number of aliphatic hydroxyl groups excluding tert-OH is 1. The van der Waals surface area contributed by atoms with Crippen molar-refractivity contribution >= 4 is 11.5 Å². The Bertz CT molecular complexity index is 538. The van der Waals surface area contributed by atoms with E-state index in [1.165, 1.54) is 5.56 Å². The molecule has 18 heavy (non-hydrogen) atoms. The minimum absolute atomic E-state index is 0.474. The van der Waals surface area contributed by atoms with Crippen molar-refractivity contribution < 1.29 is 5.11 Å². The minimum atomic E-state index is -0.474. The second-order valence-corrected chi connectivity index (χ2v) is 4.52. The number of hydrogen-bond acceptors (Lipinski definition) is 3. The molecule has 3 nitrogen and oxygen atoms in total. The average molecular weight is 242 g/mol. The number of nitrogens with zero attached hydrogens (tertiary/aromatic N) is 2. The normalized spacial score (nSPS) is 12.2. The van der Waals surface area contributed by atoms with Crippen molar-refractivity contribution in [3.63, 3.8) is 0 Å². The third-order valence-corrected chi connectivity index (χ3v) is 2.98. The summed E-state index contributed by atoms with van der Waals surface area (Å²) in [7, 11) is 1.98. The van der Waals surface area contributed by atoms with Crippen LogP contribution in [0.3, 0.4) is 0 Å². The Morgan fingerprint density at radius 2 is 2.00 bits per heavy atom. The summed E-state index contributed by atoms with van der Waals surface area (Å²) in [6.45, 7) is 3.82. The van der Waals surface area contributed by atoms with Gasteiger partial charge in [-0.25, -0.2) is 4.98 Å². The summed E-state index contributed by atoms with van der Waals surface area (Å²) in [6.07, 6.45) is 1.25. The van der Waals surface area contributed by atoms with E-state index in [1.807, 2.05) is 36.2 Å². The fraction of sp³-hybridized carbons (Fsp3) is 0.267. The molecule has 1 heterocycles. The fourth-order valence-electron chi connectivity index (χ4n) is 1.85. The van der Waals surface area contributed by atoms with Crippen molar-refractivity contribution in [2.24, 2.45) is 0 Å². The lowest BCUT2D eigenvalue weighted by Gasteiger charge is -2.19. The van der Waals surface area contributed by atoms with Crippen molar-refractivity contribution in [3.05, 3.63) is 53.7 Å². The molecule has 0 aliphatic heterocycles. The monoisotopic (exact) mass is 242 g/mol. The Hall–Kier alpha value is -1.87. The van der Waals surface area contributed by atoms with Crippen molar-refractivity contribution in [1.29, 1.82) is 0 Å². The van der Waals surface area contributed by atoms with Gasteiger partial charge in [0.1, 0.15) is 5.82 Å². The highest BCUT2D eigenvalue weighted by atomic mass is 16.3. The quantitative estimate of drug-likeness (QED) is 0.897. The van der Waals surface area contributed by atoms with E-state index in [9.17, 15) is 5.11 Å². The summed E-state index contributed by atoms with van der Waals surface area (Å²) in [6, 6.07) is 12.0. The van der Waals surface area contributed by atoms with E-state index >= 15 is 0 Å². The van der Waals surface area contributed by atoms with Crippen molar-refractivity contribution in [2.45, 2.75) is 20.0 Å². The van der Waals surface area contributed by atoms with E-state index in [1.54, 1.807) is 13.1 Å². The number of aliphatic hydroxyl groups is 1. The van der Waals surface area contributed by atoms with Crippen LogP contribution in [-0.2, 0) is 0 Å². The van der Waals surface area contributed by atoms with Crippen molar-refractivity contribution in [2.75, 3.05) is 11.9 Å². The maximum atomic E-state index is 9.60. The zero-order valence-corrected chi connectivity index (χ0v) is 11.0. The van der Waals surface area contributed by atoms with Gasteiger partial charge >= 0.3 is 0 Å². The lowest BCUT2D eigenvalue weighted by molar-refractivity contribution is 0.199. The van der Waals surface area contributed by atoms with Crippen LogP contribution in [0.1, 0.15) is 24.2 Å². The Morgan fingerprint density at radius 1 is 1.22 bits per heavy atom. The van der Waals surface area contributed by atoms with E-state index in [0.29, 0.717) is 0 Å². The van der Waals surface area contributed by atoms with Gasteiger partial charge in [-0.15, -0.1) is 0 Å². The van der Waals surface area contributed by atoms with E-state index in [-0.39, 0.29) is 0 Å². The first-order valence-electron chi connectivity index (χ1n) is 6.02. The molecule has 1 atom stereocenters. The first-order chi connectivity index (χ1) is 8.58. The van der Waals surface area contributed by atoms with Crippen LogP contribution in [0.15, 0.2) is 42.6 Å². The SMILES string of the molecule is Cc1cccc(N(C)c2cc([C@@H](C)O)ccn2)c1. The predicted molar refractivity (Wildman–Crippen MR) is 74.1 cm³/mol. The third kappa shape index (κ3) is 2.68. The number of hydrogen-bond donors (Lipinski definition) is 1. The van der Waals surface area contributed by atoms with E-state index < -0.39 is 6.10 Å². The number of aromatic nitrogens is 1. The van der Waals surface area contributed by atoms with Crippen LogP contribution in [0.2, 0.25) is 0 Å². The second-order valence-electron chi connectivity index (χ2n) is 4.52. The Balaban J connectivity index is 2.33. The van der Waals surface area contributed by atoms with Gasteiger partial charge in [0.15, 0.2) is 0 Å². The van der Waals surface area contributed by atoms with Gasteiger partial charge in [-0.2, -0.15) is 0 Å². The lowest BCUT2D eigenvalue weighted by atomic mass is 10.1. The molecule has 0 amide bonds. The highest BCUT2D eigenvalue weighted by Crippen LogP contribution is 2.24. The van der Waals surface area contributed by atoms with Gasteiger partial charge < -0.3 is 10.0 Å². The number of aryl methyl sites for hydroxylation is 1. The highest BCUT2D eigenvalue weighted by molar-refractivity contribution is 5.60. The van der Waals surface area contributed by atoms with E-state index in [4.69, 9.17) is 0 Å². The molecular weight excluding hydrogens is 224 g/mol. The second kappa shape index (κ2) is 5.19. The molecule has 0 aliphatic carbocycles. The molecule has 0 radical (unpaired) electrons. The highest BCUT2D eigenvalue weighted by Gasteiger charge is 2.08. The van der Waals surface area contributed by atoms with E-state index in [0.717, 1.165) is 17.1 Å². The van der Waals surface area contributed by atoms with Crippen molar-refractivity contribution in [1.82, 2.24) is 4.98 Å². The van der Waals surface area contributed by atoms with Crippen LogP contribution in [0.25, 0.3) is 0 Å². The van der Waals surface area contributed by atoms with Gasteiger partial charge in [-0.3, -0.25) is 0 Å². The van der Waals surface area contributed by atoms with Crippen LogP contribution in [-0.4, -0.2) is 17.1 Å². The van der Waals surface area contributed by atoms with Gasteiger partial charge in [0.2, 0.25) is 0 Å². The third-order valence-electron chi connectivity index (χ3n) is 2.98. The average Bonchev–Trinajstić information content (AvgIpc) is 2.38. The topological polar surface area (TPSA) is 36.4 Å². The zero-order chi connectivity index (χ0) is 13.1. The van der Waals surface area contributed by atoms with Gasteiger partial charge in [0.25, 0.3) is 0 Å². The molecule has 2 aromatic rings. The predicted octanol–water partition coefficient (Wildman–Crippen LogP) is 3.21. The summed E-state index contributed by atoms with van der Waals surface area (Å²) in [5.41, 5.74) is 3.18. The maximum Gasteiger partial charge on any atom is 0.133 e. The Kier molecular flexibility index (Phi) is 3.63. The zero-order valence-electron chi connectivity index (χ0n) is 11.0. The first kappa shape index (κ1) is 12.6. The molecule has 0 bridgehead atoms. The summed E-state index contributed by atoms with van der Waals surface area (Å²) in [5.74, 6) is 0.832. The molecule has 3 heteroatoms. The van der Waals surface area contributed by atoms with Gasteiger partial charge in [-0.05, 0) is 49.2 Å². The molecule has 0 fully saturated rings. The smallest absolute Gasteiger partial charge is 0.133 e. The molecule has 2 rings (SSSR count). The van der Waals surface area contributed by atoms with E-state index in [2.05, 4.69) is 24.0 Å². The minimum Gasteiger partial charge on any atom is -0.389 e. The van der Waals surface area contributed by atoms with Gasteiger partial charge in [-0.1, -0.05) is 12.1 Å². The first-order valence-corrected chi connectivity index (χ1v) is 6.02. The largest absolute Gasteiger partial charge is 0.389 e. The summed E-state index contributed by atoms with van der Waals surface area (Å²) < 4.78 is 0. The molecule has 0 saturated carbocycles. The molecule has 0 unspecified atom stereocenters. The van der Waals surface area contributed by atoms with Crippen molar-refractivity contribution in [3.8, 4) is 0 Å². The molecule has 1 N–H and O–H groups in total. The summed E-state index contributed by atoms with van der Waals surface area (Å²) in [4.78, 5) is 6.36. The maximum absolute atomic E-state index is 9.60. The molecule has 0 saturated heterocycles. The van der Waals surface area contributed by atoms with Gasteiger partial charge in [0, 0.05) is 18.9 Å². The van der Waals surface area contributed by atoms with Crippen LogP contribution >= 0.6 is 0 Å². The number of pyridine rings is 1. The number of benzene rings is 1. The summed E-state index contributed by atoms with van der Waals surface area (Å²) in [5, 5.41) is 9.60. The molecule has 94 valence electrons. The fourth-order valence-corrected chi connectivity index (χ4v) is 1.85. The molecule has 1 aromatic carbocycles. The molecule has 0 aliphatic rings. The molecule has 1 aromatic heterocycles. The van der Waals surface area contributed by atoms with Gasteiger partial charge in [0.05, 0.1) is 6.10 Å². The number of anilines is 2. The lowest BCUT2D eigenvalue weighted by Crippen LogP contribution is -2.11. The standard InChI is InChI=1S/C15H18N2O/c1-11-5-4-6-14(9-11)17(3)15-10-13(12(2)18)7-8-16-15/h4-10,12,18H,1-3H3/t12-/m1/s1. The Labute approximate surface area is 108 Å². The van der Waals surface area contributed by atoms with Crippen LogP contribution in [0, 0.1) is 6.92 Å². The number of rotatable bonds is 3. The van der Waals surface area contributed by atoms with Crippen LogP contribution < -0.4 is 4.90 Å². The van der Waals surface area contributed by atoms with Crippen LogP contribution in [0.4, 0.5) is 11.5 Å².